The Morgan fingerprint density at radius 3 is 2.83 bits per heavy atom. The second kappa shape index (κ2) is 5.31. The van der Waals surface area contributed by atoms with Crippen LogP contribution < -0.4 is 16.2 Å². The molecule has 0 radical (unpaired) electrons. The summed E-state index contributed by atoms with van der Waals surface area (Å²) in [6, 6.07) is 7.00. The lowest BCUT2D eigenvalue weighted by Gasteiger charge is -2.03. The van der Waals surface area contributed by atoms with Gasteiger partial charge in [-0.1, -0.05) is 12.1 Å². The fourth-order valence-electron chi connectivity index (χ4n) is 1.34. The number of hydrogen-bond donors (Lipinski definition) is 2. The maximum absolute atomic E-state index is 11.5. The molecule has 1 aromatic rings. The Morgan fingerprint density at radius 1 is 1.39 bits per heavy atom. The second-order valence-corrected chi connectivity index (χ2v) is 4.04. The second-order valence-electron chi connectivity index (χ2n) is 4.04. The fourth-order valence-corrected chi connectivity index (χ4v) is 1.34. The summed E-state index contributed by atoms with van der Waals surface area (Å²) in [5.41, 5.74) is 11.0. The molecule has 0 saturated heterocycles. The number of benzene rings is 1. The zero-order valence-corrected chi connectivity index (χ0v) is 9.74. The highest BCUT2D eigenvalue weighted by molar-refractivity contribution is 5.83. The number of esters is 1. The van der Waals surface area contributed by atoms with E-state index in [-0.39, 0.29) is 17.8 Å². The van der Waals surface area contributed by atoms with Gasteiger partial charge in [0.15, 0.2) is 0 Å². The van der Waals surface area contributed by atoms with Crippen LogP contribution in [0.1, 0.15) is 18.4 Å². The molecule has 1 aromatic carbocycles. The molecular weight excluding hydrogens is 232 g/mol. The van der Waals surface area contributed by atoms with Crippen molar-refractivity contribution in [2.75, 3.05) is 0 Å². The average Bonchev–Trinajstić information content (AvgIpc) is 3.12. The van der Waals surface area contributed by atoms with Gasteiger partial charge in [0.2, 0.25) is 5.96 Å². The molecule has 0 atom stereocenters. The molecule has 1 aliphatic rings. The number of carbonyl (C=O) groups excluding carboxylic acids is 1. The van der Waals surface area contributed by atoms with Crippen molar-refractivity contribution in [3.05, 3.63) is 29.8 Å². The van der Waals surface area contributed by atoms with Gasteiger partial charge in [0.1, 0.15) is 5.75 Å². The number of ether oxygens (including phenoxy) is 1. The van der Waals surface area contributed by atoms with Crippen molar-refractivity contribution in [2.45, 2.75) is 12.8 Å². The SMILES string of the molecule is NC(N)=NN=Cc1cccc(OC(=O)C2CC2)c1. The van der Waals surface area contributed by atoms with Gasteiger partial charge in [-0.25, -0.2) is 0 Å². The largest absolute Gasteiger partial charge is 0.426 e. The molecule has 6 nitrogen and oxygen atoms in total. The summed E-state index contributed by atoms with van der Waals surface area (Å²) in [6.45, 7) is 0. The number of guanidine groups is 1. The van der Waals surface area contributed by atoms with Crippen LogP contribution >= 0.6 is 0 Å². The molecule has 0 heterocycles. The Balaban J connectivity index is 2.02. The molecule has 18 heavy (non-hydrogen) atoms. The van der Waals surface area contributed by atoms with Crippen molar-refractivity contribution in [3.8, 4) is 5.75 Å². The Labute approximate surface area is 104 Å². The summed E-state index contributed by atoms with van der Waals surface area (Å²) < 4.78 is 5.22. The normalized spacial score (nSPS) is 14.4. The van der Waals surface area contributed by atoms with E-state index in [9.17, 15) is 4.79 Å². The first kappa shape index (κ1) is 12.1. The topological polar surface area (TPSA) is 103 Å². The van der Waals surface area contributed by atoms with E-state index < -0.39 is 0 Å². The van der Waals surface area contributed by atoms with E-state index in [2.05, 4.69) is 10.2 Å². The fraction of sp³-hybridized carbons (Fsp3) is 0.250. The van der Waals surface area contributed by atoms with Crippen LogP contribution in [0.3, 0.4) is 0 Å². The maximum atomic E-state index is 11.5. The van der Waals surface area contributed by atoms with Gasteiger partial charge in [-0.3, -0.25) is 4.79 Å². The van der Waals surface area contributed by atoms with E-state index >= 15 is 0 Å². The van der Waals surface area contributed by atoms with E-state index in [0.29, 0.717) is 5.75 Å². The minimum Gasteiger partial charge on any atom is -0.426 e. The molecule has 0 amide bonds. The van der Waals surface area contributed by atoms with Crippen LogP contribution in [-0.4, -0.2) is 18.1 Å². The van der Waals surface area contributed by atoms with Gasteiger partial charge in [0, 0.05) is 0 Å². The summed E-state index contributed by atoms with van der Waals surface area (Å²) in [7, 11) is 0. The smallest absolute Gasteiger partial charge is 0.314 e. The predicted molar refractivity (Wildman–Crippen MR) is 68.2 cm³/mol. The first-order valence-corrected chi connectivity index (χ1v) is 5.59. The number of rotatable bonds is 4. The molecule has 0 bridgehead atoms. The van der Waals surface area contributed by atoms with Crippen LogP contribution in [0.4, 0.5) is 0 Å². The molecule has 94 valence electrons. The summed E-state index contributed by atoms with van der Waals surface area (Å²) in [5.74, 6) is 0.292. The molecule has 0 spiro atoms. The molecule has 0 aromatic heterocycles. The van der Waals surface area contributed by atoms with E-state index in [4.69, 9.17) is 16.2 Å². The molecule has 0 unspecified atom stereocenters. The van der Waals surface area contributed by atoms with Gasteiger partial charge in [-0.2, -0.15) is 5.10 Å². The number of hydrogen-bond acceptors (Lipinski definition) is 4. The van der Waals surface area contributed by atoms with Crippen molar-refractivity contribution in [1.82, 2.24) is 0 Å². The average molecular weight is 246 g/mol. The zero-order chi connectivity index (χ0) is 13.0. The van der Waals surface area contributed by atoms with Crippen molar-refractivity contribution in [2.24, 2.45) is 27.6 Å². The molecule has 0 aliphatic heterocycles. The Bertz CT molecular complexity index is 503. The van der Waals surface area contributed by atoms with Crippen LogP contribution in [0.2, 0.25) is 0 Å². The highest BCUT2D eigenvalue weighted by Crippen LogP contribution is 2.30. The van der Waals surface area contributed by atoms with Gasteiger partial charge in [0.05, 0.1) is 12.1 Å². The molecular formula is C12H14N4O2. The van der Waals surface area contributed by atoms with Gasteiger partial charge in [0.25, 0.3) is 0 Å². The van der Waals surface area contributed by atoms with Crippen LogP contribution in [0.15, 0.2) is 34.5 Å². The standard InChI is InChI=1S/C12H14N4O2/c13-12(14)16-15-7-8-2-1-3-10(6-8)18-11(17)9-4-5-9/h1-3,6-7,9H,4-5H2,(H4,13,14,16). The highest BCUT2D eigenvalue weighted by Gasteiger charge is 2.31. The van der Waals surface area contributed by atoms with Crippen LogP contribution in [0.5, 0.6) is 5.75 Å². The van der Waals surface area contributed by atoms with E-state index in [1.807, 2.05) is 0 Å². The Hall–Kier alpha value is -2.37. The van der Waals surface area contributed by atoms with E-state index in [0.717, 1.165) is 18.4 Å². The Kier molecular flexibility index (Phi) is 3.57. The van der Waals surface area contributed by atoms with Crippen molar-refractivity contribution in [1.29, 1.82) is 0 Å². The summed E-state index contributed by atoms with van der Waals surface area (Å²) >= 11 is 0. The van der Waals surface area contributed by atoms with Gasteiger partial charge >= 0.3 is 5.97 Å². The maximum Gasteiger partial charge on any atom is 0.314 e. The molecule has 1 saturated carbocycles. The van der Waals surface area contributed by atoms with Gasteiger partial charge in [-0.15, -0.1) is 5.10 Å². The molecule has 6 heteroatoms. The molecule has 4 N–H and O–H groups in total. The third-order valence-electron chi connectivity index (χ3n) is 2.37. The van der Waals surface area contributed by atoms with E-state index in [1.165, 1.54) is 6.21 Å². The summed E-state index contributed by atoms with van der Waals surface area (Å²) in [4.78, 5) is 11.5. The van der Waals surface area contributed by atoms with Crippen molar-refractivity contribution >= 4 is 18.1 Å². The third-order valence-corrected chi connectivity index (χ3v) is 2.37. The molecule has 1 aliphatic carbocycles. The highest BCUT2D eigenvalue weighted by atomic mass is 16.5. The number of nitrogens with two attached hydrogens (primary N) is 2. The zero-order valence-electron chi connectivity index (χ0n) is 9.74. The van der Waals surface area contributed by atoms with E-state index in [1.54, 1.807) is 24.3 Å². The predicted octanol–water partition coefficient (Wildman–Crippen LogP) is 0.609. The van der Waals surface area contributed by atoms with Crippen LogP contribution in [0, 0.1) is 5.92 Å². The first-order chi connectivity index (χ1) is 8.65. The monoisotopic (exact) mass is 246 g/mol. The lowest BCUT2D eigenvalue weighted by Crippen LogP contribution is -2.21. The molecule has 2 rings (SSSR count). The van der Waals surface area contributed by atoms with Crippen molar-refractivity contribution in [3.63, 3.8) is 0 Å². The summed E-state index contributed by atoms with van der Waals surface area (Å²) in [6.07, 6.45) is 3.32. The quantitative estimate of drug-likeness (QED) is 0.267. The van der Waals surface area contributed by atoms with Crippen molar-refractivity contribution < 1.29 is 9.53 Å². The minimum absolute atomic E-state index is 0.0731. The van der Waals surface area contributed by atoms with Crippen LogP contribution in [0.25, 0.3) is 0 Å². The third kappa shape index (κ3) is 3.58. The Morgan fingerprint density at radius 2 is 2.17 bits per heavy atom. The number of carbonyl (C=O) groups is 1. The number of nitrogens with zero attached hydrogens (tertiary/aromatic N) is 2. The lowest BCUT2D eigenvalue weighted by atomic mass is 10.2. The van der Waals surface area contributed by atoms with Crippen LogP contribution in [-0.2, 0) is 4.79 Å². The van der Waals surface area contributed by atoms with Gasteiger partial charge in [-0.05, 0) is 30.5 Å². The first-order valence-electron chi connectivity index (χ1n) is 5.59. The van der Waals surface area contributed by atoms with Gasteiger partial charge < -0.3 is 16.2 Å². The summed E-state index contributed by atoms with van der Waals surface area (Å²) in [5, 5.41) is 7.16. The minimum atomic E-state index is -0.173. The lowest BCUT2D eigenvalue weighted by molar-refractivity contribution is -0.135. The molecule has 1 fully saturated rings.